The van der Waals surface area contributed by atoms with Crippen molar-refractivity contribution in [3.8, 4) is 0 Å². The predicted molar refractivity (Wildman–Crippen MR) is 127 cm³/mol. The fraction of sp³-hybridized carbons (Fsp3) is 0.125. The van der Waals surface area contributed by atoms with Gasteiger partial charge in [0.05, 0.1) is 17.2 Å². The van der Waals surface area contributed by atoms with Crippen molar-refractivity contribution >= 4 is 50.9 Å². The lowest BCUT2D eigenvalue weighted by atomic mass is 10.0. The Kier molecular flexibility index (Phi) is 5.68. The summed E-state index contributed by atoms with van der Waals surface area (Å²) in [5, 5.41) is 4.23. The molecule has 6 nitrogen and oxygen atoms in total. The van der Waals surface area contributed by atoms with Crippen molar-refractivity contribution in [2.45, 2.75) is 20.3 Å². The number of anilines is 1. The van der Waals surface area contributed by atoms with Crippen LogP contribution in [0.2, 0.25) is 0 Å². The first-order valence-corrected chi connectivity index (χ1v) is 10.2. The Morgan fingerprint density at radius 3 is 2.42 bits per heavy atom. The number of rotatable bonds is 3. The maximum atomic E-state index is 13.0. The zero-order valence-electron chi connectivity index (χ0n) is 17.1. The standard InChI is InChI=1S/C24H21N3O3S/c1-14-11-12-19-21(29)18-10-6-7-16(23(18)30-22(19)15(14)2)13-20(28)26-27-24(31)25-17-8-4-3-5-9-17/h3-12H,13H2,1-2H3,(H,26,28)(H2,25,27,31). The highest BCUT2D eigenvalue weighted by Crippen LogP contribution is 2.26. The van der Waals surface area contributed by atoms with Crippen molar-refractivity contribution in [3.63, 3.8) is 0 Å². The molecule has 0 unspecified atom stereocenters. The van der Waals surface area contributed by atoms with Gasteiger partial charge in [-0.2, -0.15) is 0 Å². The van der Waals surface area contributed by atoms with Crippen molar-refractivity contribution in [2.75, 3.05) is 5.32 Å². The molecule has 156 valence electrons. The first kappa shape index (κ1) is 20.6. The van der Waals surface area contributed by atoms with Gasteiger partial charge in [0.1, 0.15) is 11.2 Å². The highest BCUT2D eigenvalue weighted by Gasteiger charge is 2.15. The number of amides is 1. The normalized spacial score (nSPS) is 10.8. The molecule has 0 atom stereocenters. The van der Waals surface area contributed by atoms with Crippen LogP contribution < -0.4 is 21.6 Å². The average molecular weight is 432 g/mol. The molecule has 31 heavy (non-hydrogen) atoms. The maximum absolute atomic E-state index is 13.0. The van der Waals surface area contributed by atoms with E-state index in [1.165, 1.54) is 0 Å². The van der Waals surface area contributed by atoms with Gasteiger partial charge in [-0.05, 0) is 61.5 Å². The predicted octanol–water partition coefficient (Wildman–Crippen LogP) is 4.12. The molecule has 0 saturated heterocycles. The van der Waals surface area contributed by atoms with Gasteiger partial charge in [-0.3, -0.25) is 20.4 Å². The van der Waals surface area contributed by atoms with E-state index < -0.39 is 0 Å². The molecule has 0 aliphatic rings. The molecule has 0 radical (unpaired) electrons. The van der Waals surface area contributed by atoms with E-state index in [-0.39, 0.29) is 22.9 Å². The van der Waals surface area contributed by atoms with Gasteiger partial charge in [-0.1, -0.05) is 36.4 Å². The van der Waals surface area contributed by atoms with Gasteiger partial charge < -0.3 is 9.73 Å². The van der Waals surface area contributed by atoms with Crippen molar-refractivity contribution in [1.29, 1.82) is 0 Å². The van der Waals surface area contributed by atoms with Crippen molar-refractivity contribution in [3.05, 3.63) is 87.6 Å². The number of hydrazine groups is 1. The molecule has 0 saturated carbocycles. The Bertz CT molecular complexity index is 1360. The summed E-state index contributed by atoms with van der Waals surface area (Å²) in [7, 11) is 0. The number of benzene rings is 3. The number of carbonyl (C=O) groups excluding carboxylic acids is 1. The van der Waals surface area contributed by atoms with Crippen molar-refractivity contribution < 1.29 is 9.21 Å². The van der Waals surface area contributed by atoms with Crippen LogP contribution in [-0.4, -0.2) is 11.0 Å². The molecular formula is C24H21N3O3S. The Morgan fingerprint density at radius 2 is 1.65 bits per heavy atom. The molecule has 0 aliphatic heterocycles. The number of hydrogen-bond donors (Lipinski definition) is 3. The summed E-state index contributed by atoms with van der Waals surface area (Å²) in [6, 6.07) is 18.3. The zero-order chi connectivity index (χ0) is 22.0. The Hall–Kier alpha value is -3.71. The van der Waals surface area contributed by atoms with Gasteiger partial charge in [-0.25, -0.2) is 0 Å². The van der Waals surface area contributed by atoms with E-state index in [4.69, 9.17) is 16.6 Å². The van der Waals surface area contributed by atoms with E-state index in [0.29, 0.717) is 27.5 Å². The molecule has 7 heteroatoms. The maximum Gasteiger partial charge on any atom is 0.242 e. The lowest BCUT2D eigenvalue weighted by Gasteiger charge is -2.12. The van der Waals surface area contributed by atoms with Gasteiger partial charge in [0.15, 0.2) is 5.11 Å². The summed E-state index contributed by atoms with van der Waals surface area (Å²) in [5.74, 6) is -0.312. The molecule has 3 N–H and O–H groups in total. The number of nitrogens with one attached hydrogen (secondary N) is 3. The average Bonchev–Trinajstić information content (AvgIpc) is 2.76. The van der Waals surface area contributed by atoms with Gasteiger partial charge in [0, 0.05) is 11.3 Å². The van der Waals surface area contributed by atoms with Gasteiger partial charge in [-0.15, -0.1) is 0 Å². The van der Waals surface area contributed by atoms with E-state index in [0.717, 1.165) is 16.8 Å². The zero-order valence-corrected chi connectivity index (χ0v) is 17.9. The molecule has 0 aliphatic carbocycles. The van der Waals surface area contributed by atoms with Crippen LogP contribution in [0.15, 0.2) is 69.9 Å². The number of aryl methyl sites for hydroxylation is 2. The van der Waals surface area contributed by atoms with Crippen LogP contribution in [0.1, 0.15) is 16.7 Å². The molecule has 0 bridgehead atoms. The quantitative estimate of drug-likeness (QED) is 0.257. The Labute approximate surface area is 184 Å². The highest BCUT2D eigenvalue weighted by atomic mass is 32.1. The van der Waals surface area contributed by atoms with E-state index in [2.05, 4.69) is 16.2 Å². The number of hydrogen-bond acceptors (Lipinski definition) is 4. The number of carbonyl (C=O) groups is 1. The van der Waals surface area contributed by atoms with Crippen LogP contribution in [-0.2, 0) is 11.2 Å². The second-order valence-electron chi connectivity index (χ2n) is 7.28. The van der Waals surface area contributed by atoms with Crippen molar-refractivity contribution in [2.24, 2.45) is 0 Å². The topological polar surface area (TPSA) is 83.4 Å². The van der Waals surface area contributed by atoms with Crippen LogP contribution in [0.5, 0.6) is 0 Å². The fourth-order valence-corrected chi connectivity index (χ4v) is 3.57. The number of thiocarbonyl (C=S) groups is 1. The summed E-state index contributed by atoms with van der Waals surface area (Å²) >= 11 is 5.20. The van der Waals surface area contributed by atoms with Crippen LogP contribution >= 0.6 is 12.2 Å². The Balaban J connectivity index is 1.55. The molecule has 3 aromatic carbocycles. The van der Waals surface area contributed by atoms with Crippen LogP contribution in [0.25, 0.3) is 21.9 Å². The third-order valence-electron chi connectivity index (χ3n) is 5.16. The van der Waals surface area contributed by atoms with Crippen molar-refractivity contribution in [1.82, 2.24) is 10.9 Å². The molecule has 0 fully saturated rings. The summed E-state index contributed by atoms with van der Waals surface area (Å²) in [6.45, 7) is 3.89. The monoisotopic (exact) mass is 431 g/mol. The van der Waals surface area contributed by atoms with Gasteiger partial charge >= 0.3 is 0 Å². The van der Waals surface area contributed by atoms with Gasteiger partial charge in [0.2, 0.25) is 11.3 Å². The molecule has 1 heterocycles. The second-order valence-corrected chi connectivity index (χ2v) is 7.69. The smallest absolute Gasteiger partial charge is 0.242 e. The van der Waals surface area contributed by atoms with Crippen LogP contribution in [0, 0.1) is 13.8 Å². The minimum absolute atomic E-state index is 0.0254. The van der Waals surface area contributed by atoms with E-state index in [1.54, 1.807) is 24.3 Å². The van der Waals surface area contributed by atoms with E-state index in [1.807, 2.05) is 50.2 Å². The molecule has 1 amide bonds. The third-order valence-corrected chi connectivity index (χ3v) is 5.37. The first-order valence-electron chi connectivity index (χ1n) is 9.79. The van der Waals surface area contributed by atoms with Crippen LogP contribution in [0.3, 0.4) is 0 Å². The minimum atomic E-state index is -0.312. The lowest BCUT2D eigenvalue weighted by molar-refractivity contribution is -0.120. The highest BCUT2D eigenvalue weighted by molar-refractivity contribution is 7.80. The molecular weight excluding hydrogens is 410 g/mol. The minimum Gasteiger partial charge on any atom is -0.455 e. The first-order chi connectivity index (χ1) is 14.9. The third kappa shape index (κ3) is 4.27. The fourth-order valence-electron chi connectivity index (χ4n) is 3.40. The van der Waals surface area contributed by atoms with Crippen LogP contribution in [0.4, 0.5) is 5.69 Å². The molecule has 4 rings (SSSR count). The summed E-state index contributed by atoms with van der Waals surface area (Å²) < 4.78 is 6.14. The van der Waals surface area contributed by atoms with Gasteiger partial charge in [0.25, 0.3) is 0 Å². The van der Waals surface area contributed by atoms with E-state index in [9.17, 15) is 9.59 Å². The summed E-state index contributed by atoms with van der Waals surface area (Å²) in [4.78, 5) is 25.5. The summed E-state index contributed by atoms with van der Waals surface area (Å²) in [6.07, 6.45) is 0.0254. The largest absolute Gasteiger partial charge is 0.455 e. The molecule has 0 spiro atoms. The number of para-hydroxylation sites is 2. The molecule has 1 aromatic heterocycles. The lowest BCUT2D eigenvalue weighted by Crippen LogP contribution is -2.44. The number of fused-ring (bicyclic) bond motifs is 2. The summed E-state index contributed by atoms with van der Waals surface area (Å²) in [5.41, 5.74) is 9.51. The second kappa shape index (κ2) is 8.57. The SMILES string of the molecule is Cc1ccc2c(=O)c3cccc(CC(=O)NNC(=S)Nc4ccccc4)c3oc2c1C. The molecule has 4 aromatic rings. The van der Waals surface area contributed by atoms with E-state index >= 15 is 0 Å². The Morgan fingerprint density at radius 1 is 0.903 bits per heavy atom.